The van der Waals surface area contributed by atoms with Gasteiger partial charge in [0.05, 0.1) is 5.69 Å². The maximum absolute atomic E-state index is 5.80. The van der Waals surface area contributed by atoms with E-state index in [4.69, 9.17) is 17.3 Å². The van der Waals surface area contributed by atoms with Gasteiger partial charge < -0.3 is 16.0 Å². The average molecular weight is 243 g/mol. The standard InChI is InChI=1S/C11H19ClN4/c1-3-16(4-2)8-7-14-11-9(13)5-6-10(12)15-11/h5-6H,3-4,7-8,13H2,1-2H3,(H,14,15). The second-order valence-corrected chi connectivity index (χ2v) is 3.91. The van der Waals surface area contributed by atoms with E-state index in [9.17, 15) is 0 Å². The van der Waals surface area contributed by atoms with Crippen LogP contribution in [0.15, 0.2) is 12.1 Å². The molecule has 0 spiro atoms. The van der Waals surface area contributed by atoms with Crippen molar-refractivity contribution in [3.63, 3.8) is 0 Å². The summed E-state index contributed by atoms with van der Waals surface area (Å²) in [5.41, 5.74) is 6.40. The highest BCUT2D eigenvalue weighted by molar-refractivity contribution is 6.29. The van der Waals surface area contributed by atoms with Crippen LogP contribution in [0.25, 0.3) is 0 Å². The molecule has 1 heterocycles. The molecular formula is C11H19ClN4. The SMILES string of the molecule is CCN(CC)CCNc1nc(Cl)ccc1N. The summed E-state index contributed by atoms with van der Waals surface area (Å²) in [6, 6.07) is 3.45. The molecule has 0 fully saturated rings. The lowest BCUT2D eigenvalue weighted by atomic mass is 10.4. The molecule has 0 bridgehead atoms. The highest BCUT2D eigenvalue weighted by atomic mass is 35.5. The minimum Gasteiger partial charge on any atom is -0.396 e. The van der Waals surface area contributed by atoms with Gasteiger partial charge in [-0.2, -0.15) is 0 Å². The Morgan fingerprint density at radius 1 is 1.38 bits per heavy atom. The second-order valence-electron chi connectivity index (χ2n) is 3.53. The van der Waals surface area contributed by atoms with E-state index in [1.54, 1.807) is 12.1 Å². The number of likely N-dealkylation sites (N-methyl/N-ethyl adjacent to an activating group) is 1. The molecule has 0 aliphatic rings. The van der Waals surface area contributed by atoms with E-state index in [0.717, 1.165) is 26.2 Å². The van der Waals surface area contributed by atoms with Crippen molar-refractivity contribution in [3.8, 4) is 0 Å². The van der Waals surface area contributed by atoms with Crippen LogP contribution in [0.3, 0.4) is 0 Å². The van der Waals surface area contributed by atoms with Crippen molar-refractivity contribution < 1.29 is 0 Å². The molecule has 0 unspecified atom stereocenters. The average Bonchev–Trinajstić information content (AvgIpc) is 2.29. The lowest BCUT2D eigenvalue weighted by molar-refractivity contribution is 0.316. The molecule has 1 rings (SSSR count). The third-order valence-electron chi connectivity index (χ3n) is 2.51. The van der Waals surface area contributed by atoms with E-state index in [-0.39, 0.29) is 0 Å². The Balaban J connectivity index is 2.45. The van der Waals surface area contributed by atoms with Gasteiger partial charge in [0.1, 0.15) is 5.15 Å². The number of nitrogens with one attached hydrogen (secondary N) is 1. The van der Waals surface area contributed by atoms with Crippen molar-refractivity contribution in [2.24, 2.45) is 0 Å². The first-order chi connectivity index (χ1) is 7.67. The maximum Gasteiger partial charge on any atom is 0.151 e. The molecule has 1 aromatic heterocycles. The van der Waals surface area contributed by atoms with E-state index in [1.807, 2.05) is 0 Å². The summed E-state index contributed by atoms with van der Waals surface area (Å²) >= 11 is 5.80. The first kappa shape index (κ1) is 13.1. The first-order valence-electron chi connectivity index (χ1n) is 5.55. The third kappa shape index (κ3) is 3.87. The van der Waals surface area contributed by atoms with E-state index in [0.29, 0.717) is 16.7 Å². The number of hydrogen-bond acceptors (Lipinski definition) is 4. The predicted molar refractivity (Wildman–Crippen MR) is 69.9 cm³/mol. The number of halogens is 1. The van der Waals surface area contributed by atoms with Crippen molar-refractivity contribution in [3.05, 3.63) is 17.3 Å². The minimum atomic E-state index is 0.458. The van der Waals surface area contributed by atoms with Crippen LogP contribution in [0.2, 0.25) is 5.15 Å². The van der Waals surface area contributed by atoms with Gasteiger partial charge in [-0.1, -0.05) is 25.4 Å². The molecule has 0 aromatic carbocycles. The zero-order valence-corrected chi connectivity index (χ0v) is 10.6. The van der Waals surface area contributed by atoms with Gasteiger partial charge in [0.15, 0.2) is 5.82 Å². The largest absolute Gasteiger partial charge is 0.396 e. The molecule has 0 aliphatic carbocycles. The normalized spacial score (nSPS) is 10.8. The summed E-state index contributed by atoms with van der Waals surface area (Å²) in [7, 11) is 0. The smallest absolute Gasteiger partial charge is 0.151 e. The Kier molecular flexibility index (Phi) is 5.35. The van der Waals surface area contributed by atoms with Crippen LogP contribution >= 0.6 is 11.6 Å². The minimum absolute atomic E-state index is 0.458. The highest BCUT2D eigenvalue weighted by Crippen LogP contribution is 2.17. The molecule has 5 heteroatoms. The monoisotopic (exact) mass is 242 g/mol. The summed E-state index contributed by atoms with van der Waals surface area (Å²) in [4.78, 5) is 6.46. The van der Waals surface area contributed by atoms with Crippen LogP contribution in [-0.4, -0.2) is 36.1 Å². The van der Waals surface area contributed by atoms with E-state index in [1.165, 1.54) is 0 Å². The molecule has 90 valence electrons. The van der Waals surface area contributed by atoms with Crippen molar-refractivity contribution in [2.75, 3.05) is 37.2 Å². The van der Waals surface area contributed by atoms with Gasteiger partial charge in [-0.05, 0) is 25.2 Å². The molecular weight excluding hydrogens is 224 g/mol. The fraction of sp³-hybridized carbons (Fsp3) is 0.545. The Hall–Kier alpha value is -1.00. The summed E-state index contributed by atoms with van der Waals surface area (Å²) in [6.45, 7) is 8.19. The molecule has 3 N–H and O–H groups in total. The Labute approximate surface area is 102 Å². The maximum atomic E-state index is 5.80. The van der Waals surface area contributed by atoms with Crippen LogP contribution in [0, 0.1) is 0 Å². The third-order valence-corrected chi connectivity index (χ3v) is 2.72. The van der Waals surface area contributed by atoms with Crippen LogP contribution in [0.1, 0.15) is 13.8 Å². The quantitative estimate of drug-likeness (QED) is 0.750. The Morgan fingerprint density at radius 3 is 2.69 bits per heavy atom. The fourth-order valence-electron chi connectivity index (χ4n) is 1.46. The zero-order chi connectivity index (χ0) is 12.0. The van der Waals surface area contributed by atoms with E-state index < -0.39 is 0 Å². The molecule has 4 nitrogen and oxygen atoms in total. The molecule has 0 saturated carbocycles. The predicted octanol–water partition coefficient (Wildman–Crippen LogP) is 2.07. The van der Waals surface area contributed by atoms with Crippen LogP contribution in [0.4, 0.5) is 11.5 Å². The molecule has 0 saturated heterocycles. The zero-order valence-electron chi connectivity index (χ0n) is 9.83. The Morgan fingerprint density at radius 2 is 2.06 bits per heavy atom. The molecule has 16 heavy (non-hydrogen) atoms. The number of nitrogens with zero attached hydrogens (tertiary/aromatic N) is 2. The Bertz CT molecular complexity index is 326. The van der Waals surface area contributed by atoms with Crippen LogP contribution in [-0.2, 0) is 0 Å². The topological polar surface area (TPSA) is 54.2 Å². The highest BCUT2D eigenvalue weighted by Gasteiger charge is 2.02. The summed E-state index contributed by atoms with van der Waals surface area (Å²) in [5, 5.41) is 3.65. The van der Waals surface area contributed by atoms with Gasteiger partial charge in [-0.3, -0.25) is 0 Å². The van der Waals surface area contributed by atoms with Crippen molar-refractivity contribution in [1.29, 1.82) is 0 Å². The van der Waals surface area contributed by atoms with Crippen LogP contribution < -0.4 is 11.1 Å². The number of pyridine rings is 1. The van der Waals surface area contributed by atoms with Crippen molar-refractivity contribution in [1.82, 2.24) is 9.88 Å². The summed E-state index contributed by atoms with van der Waals surface area (Å²) in [5.74, 6) is 0.666. The summed E-state index contributed by atoms with van der Waals surface area (Å²) < 4.78 is 0. The molecule has 0 amide bonds. The number of anilines is 2. The van der Waals surface area contributed by atoms with Crippen molar-refractivity contribution >= 4 is 23.1 Å². The molecule has 1 aromatic rings. The number of aromatic nitrogens is 1. The number of rotatable bonds is 6. The molecule has 0 radical (unpaired) electrons. The number of nitrogen functional groups attached to an aromatic ring is 1. The van der Waals surface area contributed by atoms with Gasteiger partial charge in [0, 0.05) is 13.1 Å². The first-order valence-corrected chi connectivity index (χ1v) is 5.93. The van der Waals surface area contributed by atoms with E-state index >= 15 is 0 Å². The lowest BCUT2D eigenvalue weighted by Crippen LogP contribution is -2.28. The van der Waals surface area contributed by atoms with Crippen LogP contribution in [0.5, 0.6) is 0 Å². The molecule has 0 atom stereocenters. The lowest BCUT2D eigenvalue weighted by Gasteiger charge is -2.18. The number of hydrogen-bond donors (Lipinski definition) is 2. The van der Waals surface area contributed by atoms with Crippen molar-refractivity contribution in [2.45, 2.75) is 13.8 Å². The number of nitrogens with two attached hydrogens (primary N) is 1. The van der Waals surface area contributed by atoms with E-state index in [2.05, 4.69) is 29.0 Å². The van der Waals surface area contributed by atoms with Gasteiger partial charge in [0.25, 0.3) is 0 Å². The van der Waals surface area contributed by atoms with Gasteiger partial charge in [0.2, 0.25) is 0 Å². The second kappa shape index (κ2) is 6.55. The van der Waals surface area contributed by atoms with Gasteiger partial charge in [-0.25, -0.2) is 4.98 Å². The molecule has 0 aliphatic heterocycles. The fourth-order valence-corrected chi connectivity index (χ4v) is 1.61. The van der Waals surface area contributed by atoms with Gasteiger partial charge in [-0.15, -0.1) is 0 Å². The summed E-state index contributed by atoms with van der Waals surface area (Å²) in [6.07, 6.45) is 0. The van der Waals surface area contributed by atoms with Gasteiger partial charge >= 0.3 is 0 Å².